The summed E-state index contributed by atoms with van der Waals surface area (Å²) >= 11 is 11.4. The quantitative estimate of drug-likeness (QED) is 0.460. The largest absolute Gasteiger partial charge is 0.308 e. The summed E-state index contributed by atoms with van der Waals surface area (Å²) in [6.07, 6.45) is 0. The van der Waals surface area contributed by atoms with E-state index in [1.807, 2.05) is 6.92 Å². The molecule has 24 heavy (non-hydrogen) atoms. The maximum Gasteiger partial charge on any atom is 0.276 e. The van der Waals surface area contributed by atoms with Gasteiger partial charge < -0.3 is 4.85 Å². The highest BCUT2D eigenvalue weighted by atomic mass is 35.5. The van der Waals surface area contributed by atoms with Crippen LogP contribution in [0.3, 0.4) is 0 Å². The third-order valence-corrected chi connectivity index (χ3v) is 3.45. The molecule has 124 valence electrons. The van der Waals surface area contributed by atoms with Crippen LogP contribution in [-0.4, -0.2) is 28.1 Å². The van der Waals surface area contributed by atoms with Gasteiger partial charge in [-0.1, -0.05) is 23.2 Å². The van der Waals surface area contributed by atoms with Gasteiger partial charge in [0.25, 0.3) is 6.54 Å². The second kappa shape index (κ2) is 9.11. The van der Waals surface area contributed by atoms with E-state index in [9.17, 15) is 9.59 Å². The lowest BCUT2D eigenvalue weighted by atomic mass is 10.2. The van der Waals surface area contributed by atoms with Crippen molar-refractivity contribution in [3.8, 4) is 0 Å². The van der Waals surface area contributed by atoms with Gasteiger partial charge in [0, 0.05) is 11.4 Å². The summed E-state index contributed by atoms with van der Waals surface area (Å²) in [5, 5.41) is 0.464. The molecule has 0 saturated carbocycles. The van der Waals surface area contributed by atoms with Gasteiger partial charge in [0.15, 0.2) is 5.78 Å². The fourth-order valence-corrected chi connectivity index (χ4v) is 2.31. The zero-order valence-corrected chi connectivity index (χ0v) is 14.9. The molecule has 2 heterocycles. The molecule has 2 aromatic heterocycles. The maximum atomic E-state index is 11.2. The molecular weight excluding hydrogens is 349 g/mol. The first-order valence-electron chi connectivity index (χ1n) is 6.90. The van der Waals surface area contributed by atoms with Gasteiger partial charge in [0.1, 0.15) is 10.3 Å². The minimum absolute atomic E-state index is 0.0532. The summed E-state index contributed by atoms with van der Waals surface area (Å²) < 4.78 is 0. The Morgan fingerprint density at radius 3 is 1.83 bits per heavy atom. The number of aromatic nitrogens is 2. The number of hydrogen-bond acceptors (Lipinski definition) is 4. The summed E-state index contributed by atoms with van der Waals surface area (Å²) in [5.74, 6) is -0.338. The van der Waals surface area contributed by atoms with Crippen LogP contribution in [0.15, 0.2) is 24.3 Å². The molecule has 0 aromatic carbocycles. The SMILES string of the molecule is CC(=O)c1ccc(C)nc1Cl.[C-]#[N+]CC(=O)c1ccc(C)nc1Cl. The second-order valence-corrected chi connectivity index (χ2v) is 5.59. The van der Waals surface area contributed by atoms with E-state index >= 15 is 0 Å². The lowest BCUT2D eigenvalue weighted by Crippen LogP contribution is -2.04. The number of ketones is 2. The minimum Gasteiger partial charge on any atom is -0.308 e. The zero-order valence-electron chi connectivity index (χ0n) is 13.4. The van der Waals surface area contributed by atoms with Crippen molar-refractivity contribution in [1.82, 2.24) is 9.97 Å². The maximum absolute atomic E-state index is 11.2. The number of hydrogen-bond donors (Lipinski definition) is 0. The average molecular weight is 364 g/mol. The highest BCUT2D eigenvalue weighted by molar-refractivity contribution is 6.33. The van der Waals surface area contributed by atoms with Crippen molar-refractivity contribution in [2.75, 3.05) is 6.54 Å². The van der Waals surface area contributed by atoms with Crippen molar-refractivity contribution in [2.45, 2.75) is 20.8 Å². The normalized spacial score (nSPS) is 9.50. The molecule has 0 aliphatic rings. The molecule has 0 spiro atoms. The summed E-state index contributed by atoms with van der Waals surface area (Å²) in [7, 11) is 0. The van der Waals surface area contributed by atoms with E-state index in [1.54, 1.807) is 31.2 Å². The molecule has 2 aromatic rings. The van der Waals surface area contributed by atoms with E-state index in [0.29, 0.717) is 11.1 Å². The Labute approximate surface area is 150 Å². The Morgan fingerprint density at radius 2 is 1.46 bits per heavy atom. The molecular formula is C17H15Cl2N3O2. The highest BCUT2D eigenvalue weighted by Crippen LogP contribution is 2.14. The van der Waals surface area contributed by atoms with Gasteiger partial charge in [0.05, 0.1) is 11.1 Å². The van der Waals surface area contributed by atoms with Crippen LogP contribution in [0.1, 0.15) is 39.0 Å². The van der Waals surface area contributed by atoms with E-state index in [-0.39, 0.29) is 28.4 Å². The topological polar surface area (TPSA) is 64.3 Å². The molecule has 0 unspecified atom stereocenters. The van der Waals surface area contributed by atoms with Crippen molar-refractivity contribution in [1.29, 1.82) is 0 Å². The van der Waals surface area contributed by atoms with Crippen molar-refractivity contribution >= 4 is 34.8 Å². The van der Waals surface area contributed by atoms with Gasteiger partial charge in [-0.3, -0.25) is 9.59 Å². The van der Waals surface area contributed by atoms with Gasteiger partial charge in [-0.15, -0.1) is 0 Å². The number of aryl methyl sites for hydroxylation is 2. The number of carbonyl (C=O) groups excluding carboxylic acids is 2. The van der Waals surface area contributed by atoms with Crippen molar-refractivity contribution < 1.29 is 9.59 Å². The van der Waals surface area contributed by atoms with Crippen molar-refractivity contribution in [3.05, 3.63) is 68.5 Å². The van der Waals surface area contributed by atoms with Gasteiger partial charge in [-0.25, -0.2) is 16.5 Å². The predicted octanol–water partition coefficient (Wildman–Crippen LogP) is 4.39. The Balaban J connectivity index is 0.000000243. The van der Waals surface area contributed by atoms with Crippen LogP contribution in [0.5, 0.6) is 0 Å². The van der Waals surface area contributed by atoms with Crippen LogP contribution >= 0.6 is 23.2 Å². The lowest BCUT2D eigenvalue weighted by molar-refractivity contribution is 0.100. The number of carbonyl (C=O) groups is 2. The van der Waals surface area contributed by atoms with Gasteiger partial charge in [0.2, 0.25) is 5.78 Å². The fourth-order valence-electron chi connectivity index (χ4n) is 1.68. The fraction of sp³-hybridized carbons (Fsp3) is 0.235. The van der Waals surface area contributed by atoms with E-state index in [1.165, 1.54) is 6.92 Å². The van der Waals surface area contributed by atoms with Crippen LogP contribution < -0.4 is 0 Å². The Hall–Kier alpha value is -2.29. The molecule has 0 aliphatic carbocycles. The number of rotatable bonds is 3. The van der Waals surface area contributed by atoms with Crippen LogP contribution in [0, 0.1) is 20.4 Å². The average Bonchev–Trinajstić information content (AvgIpc) is 2.47. The smallest absolute Gasteiger partial charge is 0.276 e. The molecule has 0 bridgehead atoms. The Kier molecular flexibility index (Phi) is 7.50. The molecule has 0 radical (unpaired) electrons. The van der Waals surface area contributed by atoms with E-state index in [2.05, 4.69) is 14.8 Å². The van der Waals surface area contributed by atoms with Crippen LogP contribution in [-0.2, 0) is 0 Å². The number of halogens is 2. The molecule has 5 nitrogen and oxygen atoms in total. The first kappa shape index (κ1) is 19.8. The predicted molar refractivity (Wildman–Crippen MR) is 93.8 cm³/mol. The molecule has 0 amide bonds. The van der Waals surface area contributed by atoms with E-state index < -0.39 is 0 Å². The van der Waals surface area contributed by atoms with Crippen molar-refractivity contribution in [3.63, 3.8) is 0 Å². The third-order valence-electron chi connectivity index (χ3n) is 2.88. The molecule has 7 heteroatoms. The molecule has 0 saturated heterocycles. The molecule has 0 fully saturated rings. The van der Waals surface area contributed by atoms with Gasteiger partial charge in [-0.05, 0) is 45.0 Å². The second-order valence-electron chi connectivity index (χ2n) is 4.88. The Bertz CT molecular complexity index is 814. The minimum atomic E-state index is -0.285. The third kappa shape index (κ3) is 5.73. The lowest BCUT2D eigenvalue weighted by Gasteiger charge is -1.98. The van der Waals surface area contributed by atoms with Gasteiger partial charge >= 0.3 is 0 Å². The number of Topliss-reactive ketones (excluding diaryl/α,β-unsaturated/α-hetero) is 2. The summed E-state index contributed by atoms with van der Waals surface area (Å²) in [4.78, 5) is 32.9. The summed E-state index contributed by atoms with van der Waals surface area (Å²) in [6.45, 7) is 11.4. The van der Waals surface area contributed by atoms with Crippen LogP contribution in [0.2, 0.25) is 10.3 Å². The number of nitrogens with zero attached hydrogens (tertiary/aromatic N) is 3. The van der Waals surface area contributed by atoms with E-state index in [4.69, 9.17) is 29.8 Å². The summed E-state index contributed by atoms with van der Waals surface area (Å²) in [5.41, 5.74) is 2.38. The van der Waals surface area contributed by atoms with Gasteiger partial charge in [-0.2, -0.15) is 0 Å². The monoisotopic (exact) mass is 363 g/mol. The van der Waals surface area contributed by atoms with Crippen LogP contribution in [0.4, 0.5) is 0 Å². The molecule has 0 aliphatic heterocycles. The first-order valence-corrected chi connectivity index (χ1v) is 7.65. The standard InChI is InChI=1S/C9H7ClN2O.C8H8ClNO/c1-6-3-4-7(9(10)12-6)8(13)5-11-2;1-5-3-4-7(6(2)11)8(9)10-5/h3-4H,5H2,1H3;3-4H,1-2H3. The van der Waals surface area contributed by atoms with Crippen molar-refractivity contribution in [2.24, 2.45) is 0 Å². The molecule has 0 N–H and O–H groups in total. The molecule has 0 atom stereocenters. The summed E-state index contributed by atoms with van der Waals surface area (Å²) in [6, 6.07) is 6.75. The highest BCUT2D eigenvalue weighted by Gasteiger charge is 2.13. The molecule has 2 rings (SSSR count). The Morgan fingerprint density at radius 1 is 1.00 bits per heavy atom. The van der Waals surface area contributed by atoms with E-state index in [0.717, 1.165) is 11.4 Å². The first-order chi connectivity index (χ1) is 11.3. The zero-order chi connectivity index (χ0) is 18.3. The van der Waals surface area contributed by atoms with Crippen LogP contribution in [0.25, 0.3) is 4.85 Å². The number of pyridine rings is 2.